The molecule has 0 saturated carbocycles. The molecule has 4 heteroatoms. The van der Waals surface area contributed by atoms with Crippen molar-refractivity contribution in [1.82, 2.24) is 9.97 Å². The molecule has 0 fully saturated rings. The molecule has 0 saturated heterocycles. The van der Waals surface area contributed by atoms with E-state index < -0.39 is 0 Å². The Morgan fingerprint density at radius 3 is 1.40 bits per heavy atom. The number of furan rings is 2. The summed E-state index contributed by atoms with van der Waals surface area (Å²) < 4.78 is 13.1. The van der Waals surface area contributed by atoms with Gasteiger partial charge in [-0.2, -0.15) is 0 Å². The summed E-state index contributed by atoms with van der Waals surface area (Å²) in [6, 6.07) is 59.0. The molecule has 0 aliphatic carbocycles. The van der Waals surface area contributed by atoms with Crippen LogP contribution < -0.4 is 0 Å². The van der Waals surface area contributed by atoms with Crippen LogP contribution in [0.15, 0.2) is 179 Å². The van der Waals surface area contributed by atoms with E-state index in [4.69, 9.17) is 18.8 Å². The predicted octanol–water partition coefficient (Wildman–Crippen LogP) is 13.2. The molecule has 0 amide bonds. The molecule has 0 radical (unpaired) electrons. The van der Waals surface area contributed by atoms with Crippen LogP contribution in [-0.2, 0) is 0 Å². The normalized spacial score (nSPS) is 11.8. The Bertz CT molecular complexity index is 3070. The monoisotopic (exact) mass is 664 g/mol. The molecule has 3 aromatic heterocycles. The van der Waals surface area contributed by atoms with Crippen molar-refractivity contribution >= 4 is 65.4 Å². The maximum Gasteiger partial charge on any atom is 0.161 e. The van der Waals surface area contributed by atoms with E-state index in [0.717, 1.165) is 83.1 Å². The Hall–Kier alpha value is -7.04. The summed E-state index contributed by atoms with van der Waals surface area (Å²) in [7, 11) is 0. The topological polar surface area (TPSA) is 52.1 Å². The lowest BCUT2D eigenvalue weighted by molar-refractivity contribution is 0.669. The van der Waals surface area contributed by atoms with Gasteiger partial charge in [0.1, 0.15) is 22.3 Å². The third-order valence-electron chi connectivity index (χ3n) is 10.3. The van der Waals surface area contributed by atoms with E-state index in [9.17, 15) is 0 Å². The second-order valence-electron chi connectivity index (χ2n) is 13.3. The fourth-order valence-electron chi connectivity index (χ4n) is 7.93. The molecular weight excluding hydrogens is 637 g/mol. The lowest BCUT2D eigenvalue weighted by Crippen LogP contribution is -1.98. The van der Waals surface area contributed by atoms with Gasteiger partial charge in [-0.05, 0) is 69.1 Å². The van der Waals surface area contributed by atoms with E-state index in [2.05, 4.69) is 133 Å². The fourth-order valence-corrected chi connectivity index (χ4v) is 7.93. The van der Waals surface area contributed by atoms with E-state index in [0.29, 0.717) is 5.82 Å². The highest BCUT2D eigenvalue weighted by molar-refractivity contribution is 6.15. The van der Waals surface area contributed by atoms with Gasteiger partial charge in [0.2, 0.25) is 0 Å². The lowest BCUT2D eigenvalue weighted by Gasteiger charge is -2.15. The predicted molar refractivity (Wildman–Crippen MR) is 213 cm³/mol. The number of fused-ring (bicyclic) bond motifs is 9. The molecule has 0 atom stereocenters. The molecule has 0 aliphatic heterocycles. The molecule has 11 rings (SSSR count). The molecule has 0 N–H and O–H groups in total. The maximum absolute atomic E-state index is 6.54. The van der Waals surface area contributed by atoms with Gasteiger partial charge in [0.25, 0.3) is 0 Å². The molecular formula is C48H28N2O2. The highest BCUT2D eigenvalue weighted by Gasteiger charge is 2.21. The van der Waals surface area contributed by atoms with Crippen LogP contribution in [0.2, 0.25) is 0 Å². The maximum atomic E-state index is 6.54. The van der Waals surface area contributed by atoms with Gasteiger partial charge in [0.15, 0.2) is 5.82 Å². The summed E-state index contributed by atoms with van der Waals surface area (Å²) in [5.41, 5.74) is 9.81. The highest BCUT2D eigenvalue weighted by Crippen LogP contribution is 2.42. The number of rotatable bonds is 4. The molecule has 0 spiro atoms. The second-order valence-corrected chi connectivity index (χ2v) is 13.3. The van der Waals surface area contributed by atoms with Gasteiger partial charge >= 0.3 is 0 Å². The largest absolute Gasteiger partial charge is 0.455 e. The van der Waals surface area contributed by atoms with Crippen molar-refractivity contribution in [1.29, 1.82) is 0 Å². The second kappa shape index (κ2) is 11.2. The molecule has 0 unspecified atom stereocenters. The number of benzene rings is 8. The zero-order valence-corrected chi connectivity index (χ0v) is 27.9. The number of hydrogen-bond acceptors (Lipinski definition) is 4. The number of para-hydroxylation sites is 4. The van der Waals surface area contributed by atoms with E-state index in [1.165, 1.54) is 21.5 Å². The van der Waals surface area contributed by atoms with E-state index in [1.807, 2.05) is 36.4 Å². The van der Waals surface area contributed by atoms with Crippen molar-refractivity contribution in [3.8, 4) is 45.0 Å². The van der Waals surface area contributed by atoms with E-state index in [1.54, 1.807) is 0 Å². The highest BCUT2D eigenvalue weighted by atomic mass is 16.3. The Morgan fingerprint density at radius 1 is 0.308 bits per heavy atom. The smallest absolute Gasteiger partial charge is 0.161 e. The standard InChI is InChI=1S/C48H28N2O2/c1-2-14-30-29(13-1)27-41(32-16-4-3-15-31(30)32)33-17-5-6-20-38(33)48-49-42(39-23-11-21-36-34-18-7-9-25-44(34)51-46(36)39)28-43(50-48)40-24-12-22-37-35-19-8-10-26-45(35)52-47(37)40/h1-28H. The van der Waals surface area contributed by atoms with Crippen molar-refractivity contribution in [2.24, 2.45) is 0 Å². The van der Waals surface area contributed by atoms with Crippen LogP contribution in [0.3, 0.4) is 0 Å². The first kappa shape index (κ1) is 28.8. The third kappa shape index (κ3) is 4.34. The van der Waals surface area contributed by atoms with E-state index in [-0.39, 0.29) is 0 Å². The molecule has 8 aromatic carbocycles. The van der Waals surface area contributed by atoms with Crippen LogP contribution in [0.5, 0.6) is 0 Å². The van der Waals surface area contributed by atoms with Gasteiger partial charge in [-0.1, -0.05) is 133 Å². The van der Waals surface area contributed by atoms with Crippen LogP contribution >= 0.6 is 0 Å². The molecule has 3 heterocycles. The van der Waals surface area contributed by atoms with Gasteiger partial charge in [-0.25, -0.2) is 9.97 Å². The zero-order chi connectivity index (χ0) is 34.2. The van der Waals surface area contributed by atoms with Crippen LogP contribution in [0.1, 0.15) is 0 Å². The van der Waals surface area contributed by atoms with Gasteiger partial charge in [0, 0.05) is 38.2 Å². The molecule has 0 bridgehead atoms. The lowest BCUT2D eigenvalue weighted by atomic mass is 9.90. The van der Waals surface area contributed by atoms with Crippen molar-refractivity contribution in [2.75, 3.05) is 0 Å². The SMILES string of the molecule is c1ccc(-c2cc3ccccc3c3ccccc23)c(-c2nc(-c3cccc4c3oc3ccccc34)cc(-c3cccc4c3oc3ccccc34)n2)c1. The quantitative estimate of drug-likeness (QED) is 0.176. The average molecular weight is 665 g/mol. The van der Waals surface area contributed by atoms with Crippen LogP contribution in [0, 0.1) is 0 Å². The number of hydrogen-bond donors (Lipinski definition) is 0. The van der Waals surface area contributed by atoms with Crippen molar-refractivity contribution < 1.29 is 8.83 Å². The minimum atomic E-state index is 0.626. The Labute approximate surface area is 298 Å². The Kier molecular flexibility index (Phi) is 6.22. The van der Waals surface area contributed by atoms with Crippen molar-refractivity contribution in [3.63, 3.8) is 0 Å². The summed E-state index contributed by atoms with van der Waals surface area (Å²) in [4.78, 5) is 10.7. The van der Waals surface area contributed by atoms with Gasteiger partial charge in [-0.3, -0.25) is 0 Å². The first-order chi connectivity index (χ1) is 25.8. The average Bonchev–Trinajstić information content (AvgIpc) is 3.79. The molecule has 52 heavy (non-hydrogen) atoms. The molecule has 11 aromatic rings. The van der Waals surface area contributed by atoms with Gasteiger partial charge < -0.3 is 8.83 Å². The minimum absolute atomic E-state index is 0.626. The Morgan fingerprint density at radius 2 is 0.769 bits per heavy atom. The van der Waals surface area contributed by atoms with E-state index >= 15 is 0 Å². The first-order valence-electron chi connectivity index (χ1n) is 17.5. The summed E-state index contributed by atoms with van der Waals surface area (Å²) >= 11 is 0. The minimum Gasteiger partial charge on any atom is -0.455 e. The number of nitrogens with zero attached hydrogens (tertiary/aromatic N) is 2. The summed E-state index contributed by atoms with van der Waals surface area (Å²) in [5.74, 6) is 0.626. The summed E-state index contributed by atoms with van der Waals surface area (Å²) in [5, 5.41) is 9.09. The summed E-state index contributed by atoms with van der Waals surface area (Å²) in [6.07, 6.45) is 0. The summed E-state index contributed by atoms with van der Waals surface area (Å²) in [6.45, 7) is 0. The van der Waals surface area contributed by atoms with Gasteiger partial charge in [0.05, 0.1) is 11.4 Å². The fraction of sp³-hybridized carbons (Fsp3) is 0. The number of aromatic nitrogens is 2. The first-order valence-corrected chi connectivity index (χ1v) is 17.5. The van der Waals surface area contributed by atoms with Crippen molar-refractivity contribution in [2.45, 2.75) is 0 Å². The van der Waals surface area contributed by atoms with Crippen LogP contribution in [-0.4, -0.2) is 9.97 Å². The third-order valence-corrected chi connectivity index (χ3v) is 10.3. The molecule has 0 aliphatic rings. The zero-order valence-electron chi connectivity index (χ0n) is 27.9. The van der Waals surface area contributed by atoms with Crippen molar-refractivity contribution in [3.05, 3.63) is 170 Å². The Balaban J connectivity index is 1.21. The molecule has 242 valence electrons. The van der Waals surface area contributed by atoms with Gasteiger partial charge in [-0.15, -0.1) is 0 Å². The van der Waals surface area contributed by atoms with Crippen LogP contribution in [0.4, 0.5) is 0 Å². The van der Waals surface area contributed by atoms with Crippen LogP contribution in [0.25, 0.3) is 110 Å². The molecule has 4 nitrogen and oxygen atoms in total.